The Morgan fingerprint density at radius 1 is 0.704 bits per heavy atom. The van der Waals surface area contributed by atoms with Crippen LogP contribution in [0.5, 0.6) is 0 Å². The van der Waals surface area contributed by atoms with Crippen molar-refractivity contribution in [3.63, 3.8) is 0 Å². The van der Waals surface area contributed by atoms with Gasteiger partial charge < -0.3 is 11.5 Å². The zero-order chi connectivity index (χ0) is 18.5. The van der Waals surface area contributed by atoms with E-state index in [1.54, 1.807) is 4.90 Å². The molecule has 0 bridgehead atoms. The highest BCUT2D eigenvalue weighted by Crippen LogP contribution is 2.41. The molecule has 0 saturated carbocycles. The van der Waals surface area contributed by atoms with Crippen LogP contribution in [0.2, 0.25) is 0 Å². The Morgan fingerprint density at radius 3 is 2.11 bits per heavy atom. The van der Waals surface area contributed by atoms with Gasteiger partial charge in [0, 0.05) is 21.8 Å². The highest BCUT2D eigenvalue weighted by atomic mass is 15.2. The summed E-state index contributed by atoms with van der Waals surface area (Å²) in [7, 11) is 0. The summed E-state index contributed by atoms with van der Waals surface area (Å²) in [6.07, 6.45) is 4.25. The van der Waals surface area contributed by atoms with Crippen molar-refractivity contribution in [1.82, 2.24) is 0 Å². The fourth-order valence-electron chi connectivity index (χ4n) is 3.99. The molecule has 0 saturated heterocycles. The van der Waals surface area contributed by atoms with Crippen molar-refractivity contribution in [2.45, 2.75) is 0 Å². The van der Waals surface area contributed by atoms with Crippen LogP contribution in [0.4, 0.5) is 17.1 Å². The number of hydrogen-bond donors (Lipinski definition) is 3. The van der Waals surface area contributed by atoms with Gasteiger partial charge in [0.05, 0.1) is 11.4 Å². The molecular weight excluding hydrogens is 332 g/mol. The van der Waals surface area contributed by atoms with Crippen molar-refractivity contribution >= 4 is 56.7 Å². The first-order valence-corrected chi connectivity index (χ1v) is 8.80. The largest absolute Gasteiger partial charge is 0.398 e. The van der Waals surface area contributed by atoms with Gasteiger partial charge in [0.25, 0.3) is 0 Å². The molecule has 1 aliphatic carbocycles. The van der Waals surface area contributed by atoms with E-state index in [0.29, 0.717) is 5.69 Å². The molecule has 0 unspecified atom stereocenters. The molecule has 130 valence electrons. The van der Waals surface area contributed by atoms with Crippen molar-refractivity contribution in [3.8, 4) is 0 Å². The van der Waals surface area contributed by atoms with E-state index in [-0.39, 0.29) is 5.96 Å². The lowest BCUT2D eigenvalue weighted by atomic mass is 10.0. The molecule has 5 N–H and O–H groups in total. The predicted octanol–water partition coefficient (Wildman–Crippen LogP) is 5.09. The van der Waals surface area contributed by atoms with Crippen molar-refractivity contribution in [3.05, 3.63) is 77.9 Å². The molecule has 0 radical (unpaired) electrons. The summed E-state index contributed by atoms with van der Waals surface area (Å²) in [6.45, 7) is 0. The zero-order valence-electron chi connectivity index (χ0n) is 14.6. The Hall–Kier alpha value is -3.79. The molecule has 0 aromatic heterocycles. The molecule has 4 nitrogen and oxygen atoms in total. The number of nitrogens with one attached hydrogen (secondary N) is 1. The van der Waals surface area contributed by atoms with E-state index in [1.165, 1.54) is 16.5 Å². The Morgan fingerprint density at radius 2 is 1.33 bits per heavy atom. The van der Waals surface area contributed by atoms with Crippen LogP contribution in [0.15, 0.2) is 66.7 Å². The van der Waals surface area contributed by atoms with Crippen molar-refractivity contribution in [2.24, 2.45) is 5.73 Å². The summed E-state index contributed by atoms with van der Waals surface area (Å²) >= 11 is 0. The molecule has 0 spiro atoms. The average molecular weight is 350 g/mol. The molecule has 0 amide bonds. The normalized spacial score (nSPS) is 12.0. The molecule has 4 heteroatoms. The van der Waals surface area contributed by atoms with Gasteiger partial charge >= 0.3 is 0 Å². The molecule has 1 aliphatic rings. The van der Waals surface area contributed by atoms with E-state index >= 15 is 0 Å². The first-order valence-electron chi connectivity index (χ1n) is 8.80. The van der Waals surface area contributed by atoms with Gasteiger partial charge in [0.15, 0.2) is 5.96 Å². The fraction of sp³-hybridized carbons (Fsp3) is 0. The second kappa shape index (κ2) is 5.61. The fourth-order valence-corrected chi connectivity index (χ4v) is 3.99. The maximum atomic E-state index is 8.31. The third-order valence-corrected chi connectivity index (χ3v) is 5.18. The number of nitrogens with two attached hydrogens (primary N) is 2. The summed E-state index contributed by atoms with van der Waals surface area (Å²) < 4.78 is 0. The van der Waals surface area contributed by atoms with Gasteiger partial charge in [-0.3, -0.25) is 10.3 Å². The van der Waals surface area contributed by atoms with Crippen molar-refractivity contribution < 1.29 is 0 Å². The number of guanidine groups is 1. The van der Waals surface area contributed by atoms with Crippen LogP contribution in [0.25, 0.3) is 33.7 Å². The van der Waals surface area contributed by atoms with Crippen molar-refractivity contribution in [1.29, 1.82) is 5.41 Å². The molecule has 0 fully saturated rings. The van der Waals surface area contributed by atoms with Gasteiger partial charge in [-0.05, 0) is 34.7 Å². The molecule has 0 atom stereocenters. The molecule has 27 heavy (non-hydrogen) atoms. The van der Waals surface area contributed by atoms with E-state index in [2.05, 4.69) is 30.4 Å². The van der Waals surface area contributed by atoms with Crippen LogP contribution in [0.3, 0.4) is 0 Å². The van der Waals surface area contributed by atoms with E-state index in [1.807, 2.05) is 48.5 Å². The minimum absolute atomic E-state index is 0.0309. The first kappa shape index (κ1) is 15.5. The van der Waals surface area contributed by atoms with Gasteiger partial charge in [-0.25, -0.2) is 0 Å². The Kier molecular flexibility index (Phi) is 3.21. The number of anilines is 3. The molecule has 5 rings (SSSR count). The van der Waals surface area contributed by atoms with Crippen LogP contribution >= 0.6 is 0 Å². The van der Waals surface area contributed by atoms with Crippen LogP contribution in [0, 0.1) is 5.41 Å². The van der Waals surface area contributed by atoms with Gasteiger partial charge in [-0.2, -0.15) is 0 Å². The maximum absolute atomic E-state index is 8.31. The van der Waals surface area contributed by atoms with Crippen molar-refractivity contribution in [2.75, 3.05) is 10.6 Å². The smallest absolute Gasteiger partial charge is 0.197 e. The summed E-state index contributed by atoms with van der Waals surface area (Å²) in [5.74, 6) is -0.0309. The SMILES string of the molecule is N=C(N)N(c1ccc(N)c2ccccc12)c1ccc2c3c(cccc13)C=C2. The number of fused-ring (bicyclic) bond motifs is 1. The molecule has 0 aliphatic heterocycles. The quantitative estimate of drug-likeness (QED) is 0.236. The predicted molar refractivity (Wildman–Crippen MR) is 115 cm³/mol. The summed E-state index contributed by atoms with van der Waals surface area (Å²) in [5.41, 5.74) is 17.1. The lowest BCUT2D eigenvalue weighted by molar-refractivity contribution is 1.27. The average Bonchev–Trinajstić information content (AvgIpc) is 3.10. The molecule has 4 aromatic rings. The topological polar surface area (TPSA) is 79.1 Å². The number of benzene rings is 4. The van der Waals surface area contributed by atoms with Crippen LogP contribution in [-0.2, 0) is 0 Å². The van der Waals surface area contributed by atoms with Gasteiger partial charge in [0.1, 0.15) is 0 Å². The third-order valence-electron chi connectivity index (χ3n) is 5.18. The third kappa shape index (κ3) is 2.20. The molecule has 4 aromatic carbocycles. The number of nitrogen functional groups attached to an aromatic ring is 1. The Labute approximate surface area is 156 Å². The minimum atomic E-state index is -0.0309. The molecular formula is C23H18N4. The van der Waals surface area contributed by atoms with Crippen LogP contribution in [-0.4, -0.2) is 5.96 Å². The first-order chi connectivity index (χ1) is 13.1. The highest BCUT2D eigenvalue weighted by molar-refractivity contribution is 6.17. The van der Waals surface area contributed by atoms with E-state index < -0.39 is 0 Å². The second-order valence-corrected chi connectivity index (χ2v) is 6.72. The van der Waals surface area contributed by atoms with E-state index in [0.717, 1.165) is 27.5 Å². The van der Waals surface area contributed by atoms with Crippen LogP contribution in [0.1, 0.15) is 11.1 Å². The van der Waals surface area contributed by atoms with Gasteiger partial charge in [0.2, 0.25) is 0 Å². The maximum Gasteiger partial charge on any atom is 0.197 e. The summed E-state index contributed by atoms with van der Waals surface area (Å²) in [6, 6.07) is 22.1. The Bertz CT molecular complexity index is 1260. The van der Waals surface area contributed by atoms with Gasteiger partial charge in [-0.1, -0.05) is 60.7 Å². The summed E-state index contributed by atoms with van der Waals surface area (Å²) in [5, 5.41) is 12.5. The number of nitrogens with zero attached hydrogens (tertiary/aromatic N) is 1. The van der Waals surface area contributed by atoms with Crippen LogP contribution < -0.4 is 16.4 Å². The molecule has 0 heterocycles. The second-order valence-electron chi connectivity index (χ2n) is 6.72. The highest BCUT2D eigenvalue weighted by Gasteiger charge is 2.20. The Balaban J connectivity index is 1.83. The lowest BCUT2D eigenvalue weighted by Crippen LogP contribution is -2.32. The zero-order valence-corrected chi connectivity index (χ0v) is 14.6. The monoisotopic (exact) mass is 350 g/mol. The van der Waals surface area contributed by atoms with E-state index in [4.69, 9.17) is 16.9 Å². The summed E-state index contributed by atoms with van der Waals surface area (Å²) in [4.78, 5) is 1.79. The van der Waals surface area contributed by atoms with Gasteiger partial charge in [-0.15, -0.1) is 0 Å². The number of hydrogen-bond acceptors (Lipinski definition) is 2. The van der Waals surface area contributed by atoms with E-state index in [9.17, 15) is 0 Å². The standard InChI is InChI=1S/C23H18N4/c24-19-11-13-20(17-6-2-1-5-16(17)19)27(23(25)26)21-12-10-15-9-8-14-4-3-7-18(21)22(14)15/h1-13H,24H2,(H3,25,26). The minimum Gasteiger partial charge on any atom is -0.398 e. The number of rotatable bonds is 2. The lowest BCUT2D eigenvalue weighted by Gasteiger charge is -2.26.